The van der Waals surface area contributed by atoms with Crippen molar-refractivity contribution in [2.45, 2.75) is 500 Å². The Morgan fingerprint density at radius 2 is 0.326 bits per heavy atom. The van der Waals surface area contributed by atoms with Gasteiger partial charge in [0.25, 0.3) is 16.8 Å². The zero-order valence-electron chi connectivity index (χ0n) is 90.5. The molecular formula is C126H192O18. The highest BCUT2D eigenvalue weighted by molar-refractivity contribution is 6.21. The van der Waals surface area contributed by atoms with E-state index in [1.165, 1.54) is 396 Å². The Kier molecular flexibility index (Phi) is 64.6. The summed E-state index contributed by atoms with van der Waals surface area (Å²) in [6, 6.07) is 33.9. The second kappa shape index (κ2) is 76.0. The molecule has 0 amide bonds. The van der Waals surface area contributed by atoms with Crippen LogP contribution >= 0.6 is 0 Å². The van der Waals surface area contributed by atoms with Gasteiger partial charge in [-0.2, -0.15) is 0 Å². The van der Waals surface area contributed by atoms with Crippen molar-refractivity contribution in [1.29, 1.82) is 0 Å². The van der Waals surface area contributed by atoms with Crippen LogP contribution < -0.4 is 28.4 Å². The number of aliphatic hydroxyl groups excluding tert-OH is 3. The molecule has 0 aromatic heterocycles. The third kappa shape index (κ3) is 44.1. The summed E-state index contributed by atoms with van der Waals surface area (Å²) in [5.74, 6) is -7.17. The fraction of sp³-hybridized carbons (Fsp3) is 0.667. The number of unbranched alkanes of at least 4 members (excludes halogenated alkanes) is 60. The topological polar surface area (TPSA) is 246 Å². The smallest absolute Gasteiger partial charge is 0.339 e. The van der Waals surface area contributed by atoms with Crippen LogP contribution in [0.3, 0.4) is 0 Å². The molecule has 1 saturated carbocycles. The number of Topliss-reactive ketones (excluding diaryl/α,β-unsaturated/α-hetero) is 3. The van der Waals surface area contributed by atoms with Gasteiger partial charge >= 0.3 is 17.9 Å². The molecule has 6 aromatic carbocycles. The first kappa shape index (κ1) is 122. The van der Waals surface area contributed by atoms with Gasteiger partial charge in [-0.15, -0.1) is 0 Å². The van der Waals surface area contributed by atoms with Crippen molar-refractivity contribution >= 4 is 35.3 Å². The SMILES string of the molecule is CCCCCCCCCCCCCOc1ccc(C(=O)OC2(C(=O)c3ccc(OCCCCCCCCCCCCC)cc3)[C@@](OC(=O)c3ccc(OCCCCCCCCCCCCC)cc3)(C(=O)c3ccc(OCCCCCCCCCCCCC)cc3)[C@@H](O)C(O)[C@@H](O)[C@@]2(OC(=O)c2ccc(OCCCCCCCCCCCCC)cc2)C(=O)c2ccc(OCCCCCCCCCCCCC)cc2)cc1. The molecule has 0 aliphatic heterocycles. The normalized spacial score (nSPS) is 16.6. The number of rotatable bonds is 90. The fourth-order valence-corrected chi connectivity index (χ4v) is 20.0. The summed E-state index contributed by atoms with van der Waals surface area (Å²) in [7, 11) is 0. The molecular weight excluding hydrogens is 1800 g/mol. The standard InChI is InChI=1S/C126H192O18/c1-7-13-19-25-31-37-43-49-55-61-67-97-136-109-85-73-103(74-86-109)116(128)124(142-121(133)106-79-91-112(92-80-106)139-100-70-64-58-52-46-40-34-28-22-16-10-4)119(131)115(127)120(132)125(117(129)104-75-87-110(88-76-104)137-98-68-62-56-50-44-38-32-26-20-14-8-2,143-122(134)107-81-93-113(94-82-107)140-101-71-65-59-53-47-41-35-29-23-17-11-5)126(124,118(130)105-77-89-111(90-78-105)138-99-69-63-57-51-45-39-33-27-21-15-9-3)144-123(135)108-83-95-114(96-84-108)141-102-72-66-60-54-48-42-36-30-24-18-12-6/h73-96,115,119-120,127,131-132H,7-72,97-102H2,1-6H3/t115?,119-,120+,124+,125-,126?. The average Bonchev–Trinajstić information content (AvgIpc) is 0.656. The van der Waals surface area contributed by atoms with Crippen molar-refractivity contribution in [1.82, 2.24) is 0 Å². The maximum Gasteiger partial charge on any atom is 0.339 e. The summed E-state index contributed by atoms with van der Waals surface area (Å²) in [6.45, 7) is 15.3. The number of benzene rings is 6. The molecule has 0 radical (unpaired) electrons. The van der Waals surface area contributed by atoms with Crippen molar-refractivity contribution in [2.24, 2.45) is 0 Å². The van der Waals surface area contributed by atoms with Crippen molar-refractivity contribution in [3.8, 4) is 34.5 Å². The molecule has 1 aliphatic carbocycles. The summed E-state index contributed by atoms with van der Waals surface area (Å²) in [6.07, 6.45) is 65.3. The maximum absolute atomic E-state index is 18.3. The van der Waals surface area contributed by atoms with Crippen LogP contribution in [0, 0.1) is 0 Å². The molecule has 3 N–H and O–H groups in total. The van der Waals surface area contributed by atoms with Crippen LogP contribution in [-0.2, 0) is 14.2 Å². The van der Waals surface area contributed by atoms with E-state index in [9.17, 15) is 15.3 Å². The molecule has 7 rings (SSSR count). The molecule has 2 unspecified atom stereocenters. The number of ketones is 3. The number of aliphatic hydroxyl groups is 3. The van der Waals surface area contributed by atoms with E-state index >= 15 is 28.8 Å². The fourth-order valence-electron chi connectivity index (χ4n) is 20.0. The first-order valence-electron chi connectivity index (χ1n) is 58.3. The quantitative estimate of drug-likeness (QED) is 0.0139. The largest absolute Gasteiger partial charge is 0.494 e. The van der Waals surface area contributed by atoms with E-state index in [0.717, 1.165) is 154 Å². The molecule has 0 saturated heterocycles. The van der Waals surface area contributed by atoms with Crippen LogP contribution in [0.2, 0.25) is 0 Å². The lowest BCUT2D eigenvalue weighted by molar-refractivity contribution is -0.293. The number of esters is 3. The van der Waals surface area contributed by atoms with Gasteiger partial charge in [-0.05, 0) is 184 Å². The van der Waals surface area contributed by atoms with Crippen LogP contribution in [0.5, 0.6) is 34.5 Å². The molecule has 6 atom stereocenters. The lowest BCUT2D eigenvalue weighted by Gasteiger charge is -2.60. The minimum Gasteiger partial charge on any atom is -0.494 e. The summed E-state index contributed by atoms with van der Waals surface area (Å²) in [4.78, 5) is 104. The summed E-state index contributed by atoms with van der Waals surface area (Å²) >= 11 is 0. The third-order valence-corrected chi connectivity index (χ3v) is 29.0. The maximum atomic E-state index is 18.3. The highest BCUT2D eigenvalue weighted by Gasteiger charge is 2.88. The Morgan fingerprint density at radius 3 is 0.493 bits per heavy atom. The van der Waals surface area contributed by atoms with E-state index in [2.05, 4.69) is 41.5 Å². The zero-order valence-corrected chi connectivity index (χ0v) is 90.5. The Labute approximate surface area is 870 Å². The van der Waals surface area contributed by atoms with Gasteiger partial charge in [-0.25, -0.2) is 14.4 Å². The molecule has 18 nitrogen and oxygen atoms in total. The van der Waals surface area contributed by atoms with Crippen molar-refractivity contribution in [3.63, 3.8) is 0 Å². The van der Waals surface area contributed by atoms with Gasteiger partial charge in [0.2, 0.25) is 17.3 Å². The molecule has 6 aromatic rings. The van der Waals surface area contributed by atoms with Crippen LogP contribution in [-0.4, -0.2) is 125 Å². The second-order valence-corrected chi connectivity index (χ2v) is 41.1. The molecule has 0 spiro atoms. The minimum absolute atomic E-state index is 0.284. The lowest BCUT2D eigenvalue weighted by Crippen LogP contribution is -2.91. The van der Waals surface area contributed by atoms with E-state index in [-0.39, 0.29) is 29.0 Å². The predicted octanol–water partition coefficient (Wildman–Crippen LogP) is 33.7. The van der Waals surface area contributed by atoms with Crippen LogP contribution in [0.1, 0.15) is 527 Å². The molecule has 1 fully saturated rings. The second-order valence-electron chi connectivity index (χ2n) is 41.1. The Hall–Kier alpha value is -8.58. The number of carbonyl (C=O) groups excluding carboxylic acids is 6. The van der Waals surface area contributed by atoms with Gasteiger partial charge < -0.3 is 58.0 Å². The molecule has 1 aliphatic rings. The molecule has 18 heteroatoms. The summed E-state index contributed by atoms with van der Waals surface area (Å²) in [5.41, 5.74) is -14.7. The first-order valence-corrected chi connectivity index (χ1v) is 58.3. The number of hydrogen-bond donors (Lipinski definition) is 3. The minimum atomic E-state index is -4.22. The average molecular weight is 1990 g/mol. The summed E-state index contributed by atoms with van der Waals surface area (Å²) < 4.78 is 59.1. The molecule has 804 valence electrons. The van der Waals surface area contributed by atoms with Crippen molar-refractivity contribution in [2.75, 3.05) is 39.6 Å². The Bertz CT molecular complexity index is 4110. The number of hydrogen-bond acceptors (Lipinski definition) is 18. The molecule has 144 heavy (non-hydrogen) atoms. The number of carbonyl (C=O) groups is 6. The highest BCUT2D eigenvalue weighted by Crippen LogP contribution is 2.57. The van der Waals surface area contributed by atoms with Gasteiger partial charge in [0.15, 0.2) is 0 Å². The Morgan fingerprint density at radius 1 is 0.188 bits per heavy atom. The van der Waals surface area contributed by atoms with Gasteiger partial charge in [-0.3, -0.25) is 14.4 Å². The van der Waals surface area contributed by atoms with E-state index < -0.39 is 87.1 Å². The van der Waals surface area contributed by atoms with Crippen LogP contribution in [0.25, 0.3) is 0 Å². The van der Waals surface area contributed by atoms with Crippen LogP contribution in [0.15, 0.2) is 146 Å². The predicted molar refractivity (Wildman–Crippen MR) is 586 cm³/mol. The van der Waals surface area contributed by atoms with Gasteiger partial charge in [0.1, 0.15) is 52.8 Å². The first-order chi connectivity index (χ1) is 70.6. The monoisotopic (exact) mass is 1990 g/mol. The van der Waals surface area contributed by atoms with Crippen molar-refractivity contribution < 1.29 is 86.7 Å². The summed E-state index contributed by atoms with van der Waals surface area (Å²) in [5, 5.41) is 41.9. The molecule has 0 heterocycles. The van der Waals surface area contributed by atoms with Gasteiger partial charge in [-0.1, -0.05) is 427 Å². The van der Waals surface area contributed by atoms with Crippen LogP contribution in [0.4, 0.5) is 0 Å². The lowest BCUT2D eigenvalue weighted by atomic mass is 9.52. The van der Waals surface area contributed by atoms with Gasteiger partial charge in [0, 0.05) is 16.7 Å². The van der Waals surface area contributed by atoms with Gasteiger partial charge in [0.05, 0.1) is 56.3 Å². The zero-order chi connectivity index (χ0) is 103. The highest BCUT2D eigenvalue weighted by atomic mass is 16.7. The third-order valence-electron chi connectivity index (χ3n) is 29.0. The Balaban J connectivity index is 1.42. The van der Waals surface area contributed by atoms with E-state index in [4.69, 9.17) is 42.6 Å². The number of ether oxygens (including phenoxy) is 9. The van der Waals surface area contributed by atoms with E-state index in [1.54, 1.807) is 0 Å². The molecule has 0 bridgehead atoms. The van der Waals surface area contributed by atoms with Crippen molar-refractivity contribution in [3.05, 3.63) is 179 Å². The van der Waals surface area contributed by atoms with E-state index in [0.29, 0.717) is 81.0 Å². The van der Waals surface area contributed by atoms with E-state index in [1.807, 2.05) is 0 Å².